The van der Waals surface area contributed by atoms with Crippen LogP contribution in [0.15, 0.2) is 35.2 Å². The van der Waals surface area contributed by atoms with E-state index in [1.165, 1.54) is 12.3 Å². The van der Waals surface area contributed by atoms with Crippen molar-refractivity contribution >= 4 is 29.3 Å². The maximum Gasteiger partial charge on any atom is 0.328 e. The number of carbonyl (C=O) groups excluding carboxylic acids is 1. The third-order valence-electron chi connectivity index (χ3n) is 2.84. The molecule has 2 aromatic heterocycles. The zero-order chi connectivity index (χ0) is 15.2. The van der Waals surface area contributed by atoms with E-state index >= 15 is 0 Å². The quantitative estimate of drug-likeness (QED) is 0.832. The Balaban J connectivity index is 1.97. The highest BCUT2D eigenvalue weighted by molar-refractivity contribution is 7.08. The first-order valence-corrected chi connectivity index (χ1v) is 7.17. The maximum absolute atomic E-state index is 11.9. The average Bonchev–Trinajstić information content (AvgIpc) is 2.88. The van der Waals surface area contributed by atoms with Crippen molar-refractivity contribution in [1.29, 1.82) is 0 Å². The molecule has 0 fully saturated rings. The normalized spacial score (nSPS) is 10.7. The molecule has 0 spiro atoms. The van der Waals surface area contributed by atoms with Crippen molar-refractivity contribution in [3.05, 3.63) is 57.6 Å². The van der Waals surface area contributed by atoms with Crippen LogP contribution in [-0.2, 0) is 11.3 Å². The van der Waals surface area contributed by atoms with E-state index in [-0.39, 0.29) is 5.91 Å². The van der Waals surface area contributed by atoms with Crippen LogP contribution in [-0.4, -0.2) is 22.0 Å². The Morgan fingerprint density at radius 1 is 1.38 bits per heavy atom. The largest absolute Gasteiger partial charge is 0.478 e. The number of nitrogens with one attached hydrogen (secondary N) is 1. The second-order valence-electron chi connectivity index (χ2n) is 4.41. The zero-order valence-electron chi connectivity index (χ0n) is 11.4. The fourth-order valence-electron chi connectivity index (χ4n) is 1.64. The Morgan fingerprint density at radius 2 is 2.19 bits per heavy atom. The molecule has 0 saturated carbocycles. The van der Waals surface area contributed by atoms with Gasteiger partial charge in [-0.1, -0.05) is 6.07 Å². The van der Waals surface area contributed by atoms with Crippen molar-refractivity contribution < 1.29 is 14.7 Å². The van der Waals surface area contributed by atoms with Gasteiger partial charge in [0.1, 0.15) is 5.69 Å². The van der Waals surface area contributed by atoms with Crippen LogP contribution < -0.4 is 5.32 Å². The van der Waals surface area contributed by atoms with Crippen LogP contribution in [0, 0.1) is 6.92 Å². The minimum absolute atomic E-state index is 0.255. The van der Waals surface area contributed by atoms with Gasteiger partial charge in [0.15, 0.2) is 0 Å². The highest BCUT2D eigenvalue weighted by Gasteiger charge is 2.07. The highest BCUT2D eigenvalue weighted by Crippen LogP contribution is 2.13. The van der Waals surface area contributed by atoms with Crippen LogP contribution in [0.25, 0.3) is 6.08 Å². The monoisotopic (exact) mass is 302 g/mol. The molecule has 0 aliphatic rings. The topological polar surface area (TPSA) is 79.3 Å². The molecule has 0 aliphatic carbocycles. The molecule has 0 bridgehead atoms. The average molecular weight is 302 g/mol. The van der Waals surface area contributed by atoms with Gasteiger partial charge in [-0.15, -0.1) is 0 Å². The summed E-state index contributed by atoms with van der Waals surface area (Å²) in [5, 5.41) is 15.4. The Kier molecular flexibility index (Phi) is 4.84. The fourth-order valence-corrected chi connectivity index (χ4v) is 2.50. The summed E-state index contributed by atoms with van der Waals surface area (Å²) >= 11 is 1.60. The SMILES string of the molecule is Cc1cscc1CNC(=O)c1ccc(/C=C/C(=O)O)cn1. The first-order valence-electron chi connectivity index (χ1n) is 6.23. The lowest BCUT2D eigenvalue weighted by Crippen LogP contribution is -2.23. The van der Waals surface area contributed by atoms with Gasteiger partial charge in [-0.05, 0) is 46.5 Å². The van der Waals surface area contributed by atoms with Crippen LogP contribution in [0.4, 0.5) is 0 Å². The molecule has 0 unspecified atom stereocenters. The maximum atomic E-state index is 11.9. The summed E-state index contributed by atoms with van der Waals surface area (Å²) < 4.78 is 0. The first-order chi connectivity index (χ1) is 10.1. The lowest BCUT2D eigenvalue weighted by atomic mass is 10.2. The van der Waals surface area contributed by atoms with Crippen LogP contribution in [0.1, 0.15) is 27.2 Å². The number of hydrogen-bond donors (Lipinski definition) is 2. The number of aromatic nitrogens is 1. The van der Waals surface area contributed by atoms with Crippen molar-refractivity contribution in [2.45, 2.75) is 13.5 Å². The van der Waals surface area contributed by atoms with Gasteiger partial charge in [0.2, 0.25) is 0 Å². The van der Waals surface area contributed by atoms with Gasteiger partial charge in [0.05, 0.1) is 0 Å². The van der Waals surface area contributed by atoms with E-state index in [1.54, 1.807) is 23.5 Å². The molecule has 0 atom stereocenters. The first kappa shape index (κ1) is 14.9. The number of nitrogens with zero attached hydrogens (tertiary/aromatic N) is 1. The third kappa shape index (κ3) is 4.25. The molecule has 21 heavy (non-hydrogen) atoms. The standard InChI is InChI=1S/C15H14N2O3S/c1-10-8-21-9-12(10)7-17-15(20)13-4-2-11(6-16-13)3-5-14(18)19/h2-6,8-9H,7H2,1H3,(H,17,20)(H,18,19)/b5-3+. The van der Waals surface area contributed by atoms with Gasteiger partial charge >= 0.3 is 5.97 Å². The van der Waals surface area contributed by atoms with E-state index in [0.29, 0.717) is 17.8 Å². The summed E-state index contributed by atoms with van der Waals surface area (Å²) in [6.07, 6.45) is 3.91. The molecule has 5 nitrogen and oxygen atoms in total. The van der Waals surface area contributed by atoms with Crippen molar-refractivity contribution in [3.8, 4) is 0 Å². The molecule has 108 valence electrons. The van der Waals surface area contributed by atoms with E-state index in [2.05, 4.69) is 10.3 Å². The van der Waals surface area contributed by atoms with E-state index in [1.807, 2.05) is 17.7 Å². The van der Waals surface area contributed by atoms with Gasteiger partial charge in [-0.2, -0.15) is 11.3 Å². The van der Waals surface area contributed by atoms with Crippen LogP contribution in [0.3, 0.4) is 0 Å². The summed E-state index contributed by atoms with van der Waals surface area (Å²) in [5.74, 6) is -1.28. The lowest BCUT2D eigenvalue weighted by Gasteiger charge is -2.04. The molecular weight excluding hydrogens is 288 g/mol. The number of aryl methyl sites for hydroxylation is 1. The van der Waals surface area contributed by atoms with Gasteiger partial charge < -0.3 is 10.4 Å². The number of aliphatic carboxylic acids is 1. The number of carboxylic acids is 1. The van der Waals surface area contributed by atoms with Gasteiger partial charge in [-0.25, -0.2) is 4.79 Å². The lowest BCUT2D eigenvalue weighted by molar-refractivity contribution is -0.131. The van der Waals surface area contributed by atoms with Crippen LogP contribution in [0.5, 0.6) is 0 Å². The highest BCUT2D eigenvalue weighted by atomic mass is 32.1. The number of pyridine rings is 1. The molecule has 0 aliphatic heterocycles. The third-order valence-corrected chi connectivity index (χ3v) is 3.75. The smallest absolute Gasteiger partial charge is 0.328 e. The molecular formula is C15H14N2O3S. The second-order valence-corrected chi connectivity index (χ2v) is 5.15. The Labute approximate surface area is 126 Å². The number of rotatable bonds is 5. The van der Waals surface area contributed by atoms with E-state index in [0.717, 1.165) is 17.2 Å². The molecule has 6 heteroatoms. The molecule has 2 heterocycles. The summed E-state index contributed by atoms with van der Waals surface area (Å²) in [6.45, 7) is 2.47. The Hall–Kier alpha value is -2.47. The number of hydrogen-bond acceptors (Lipinski definition) is 4. The van der Waals surface area contributed by atoms with Gasteiger partial charge in [0, 0.05) is 18.8 Å². The van der Waals surface area contributed by atoms with Crippen LogP contribution in [0.2, 0.25) is 0 Å². The zero-order valence-corrected chi connectivity index (χ0v) is 12.2. The number of carboxylic acid groups (broad SMARTS) is 1. The van der Waals surface area contributed by atoms with Crippen molar-refractivity contribution in [2.75, 3.05) is 0 Å². The Bertz CT molecular complexity index is 674. The summed E-state index contributed by atoms with van der Waals surface area (Å²) in [6, 6.07) is 3.22. The van der Waals surface area contributed by atoms with E-state index in [9.17, 15) is 9.59 Å². The molecule has 0 saturated heterocycles. The van der Waals surface area contributed by atoms with E-state index in [4.69, 9.17) is 5.11 Å². The predicted molar refractivity (Wildman–Crippen MR) is 81.1 cm³/mol. The molecule has 2 rings (SSSR count). The minimum atomic E-state index is -1.03. The molecule has 0 radical (unpaired) electrons. The fraction of sp³-hybridized carbons (Fsp3) is 0.133. The van der Waals surface area contributed by atoms with Crippen molar-refractivity contribution in [3.63, 3.8) is 0 Å². The van der Waals surface area contributed by atoms with Crippen LogP contribution >= 0.6 is 11.3 Å². The second kappa shape index (κ2) is 6.81. The minimum Gasteiger partial charge on any atom is -0.478 e. The van der Waals surface area contributed by atoms with Gasteiger partial charge in [0.25, 0.3) is 5.91 Å². The molecule has 1 amide bonds. The number of amides is 1. The van der Waals surface area contributed by atoms with Crippen molar-refractivity contribution in [2.24, 2.45) is 0 Å². The van der Waals surface area contributed by atoms with Crippen molar-refractivity contribution in [1.82, 2.24) is 10.3 Å². The molecule has 2 aromatic rings. The summed E-state index contributed by atoms with van der Waals surface area (Å²) in [4.78, 5) is 26.4. The predicted octanol–water partition coefficient (Wildman–Crippen LogP) is 2.48. The van der Waals surface area contributed by atoms with E-state index < -0.39 is 5.97 Å². The number of thiophene rings is 1. The number of carbonyl (C=O) groups is 2. The van der Waals surface area contributed by atoms with Gasteiger partial charge in [-0.3, -0.25) is 9.78 Å². The Morgan fingerprint density at radius 3 is 2.76 bits per heavy atom. The summed E-state index contributed by atoms with van der Waals surface area (Å²) in [5.41, 5.74) is 3.18. The molecule has 2 N–H and O–H groups in total. The molecule has 0 aromatic carbocycles. The summed E-state index contributed by atoms with van der Waals surface area (Å²) in [7, 11) is 0.